The molecule has 0 saturated carbocycles. The van der Waals surface area contributed by atoms with E-state index in [1.54, 1.807) is 43.4 Å². The number of carbonyl (C=O) groups is 2. The third-order valence-corrected chi connectivity index (χ3v) is 7.09. The molecule has 6 nitrogen and oxygen atoms in total. The van der Waals surface area contributed by atoms with Gasteiger partial charge in [-0.3, -0.25) is 9.59 Å². The van der Waals surface area contributed by atoms with Crippen LogP contribution in [0.2, 0.25) is 0 Å². The molecule has 2 atom stereocenters. The largest absolute Gasteiger partial charge is 0.497 e. The number of hydrogen-bond donors (Lipinski definition) is 1. The maximum absolute atomic E-state index is 14.0. The molecule has 1 N–H and O–H groups in total. The van der Waals surface area contributed by atoms with Crippen molar-refractivity contribution in [2.45, 2.75) is 25.0 Å². The van der Waals surface area contributed by atoms with E-state index in [9.17, 15) is 14.0 Å². The Morgan fingerprint density at radius 3 is 2.28 bits per heavy atom. The fraction of sp³-hybridized carbons (Fsp3) is 0.188. The Morgan fingerprint density at radius 1 is 0.872 bits per heavy atom. The van der Waals surface area contributed by atoms with E-state index in [4.69, 9.17) is 9.47 Å². The molecule has 198 valence electrons. The molecule has 39 heavy (non-hydrogen) atoms. The molecule has 4 aromatic rings. The molecule has 0 saturated heterocycles. The molecular formula is C32H29FN2O4. The average Bonchev–Trinajstić information content (AvgIpc) is 2.98. The number of fused-ring (bicyclic) bond motifs is 1. The van der Waals surface area contributed by atoms with Crippen LogP contribution in [-0.4, -0.2) is 30.9 Å². The highest BCUT2D eigenvalue weighted by Gasteiger charge is 2.44. The van der Waals surface area contributed by atoms with Gasteiger partial charge in [-0.2, -0.15) is 0 Å². The molecular weight excluding hydrogens is 495 g/mol. The molecule has 5 rings (SSSR count). The number of ether oxygens (including phenoxy) is 2. The molecule has 0 fully saturated rings. The minimum atomic E-state index is -0.692. The number of amides is 2. The zero-order valence-corrected chi connectivity index (χ0v) is 21.8. The van der Waals surface area contributed by atoms with Crippen molar-refractivity contribution in [2.24, 2.45) is 0 Å². The van der Waals surface area contributed by atoms with Crippen LogP contribution in [0.25, 0.3) is 0 Å². The summed E-state index contributed by atoms with van der Waals surface area (Å²) < 4.78 is 24.4. The predicted molar refractivity (Wildman–Crippen MR) is 146 cm³/mol. The first-order chi connectivity index (χ1) is 19.0. The maximum Gasteiger partial charge on any atom is 0.255 e. The van der Waals surface area contributed by atoms with Gasteiger partial charge in [0.1, 0.15) is 17.3 Å². The van der Waals surface area contributed by atoms with Crippen molar-refractivity contribution >= 4 is 11.8 Å². The molecule has 2 amide bonds. The summed E-state index contributed by atoms with van der Waals surface area (Å²) >= 11 is 0. The van der Waals surface area contributed by atoms with Gasteiger partial charge in [-0.1, -0.05) is 60.7 Å². The van der Waals surface area contributed by atoms with E-state index < -0.39 is 12.0 Å². The van der Waals surface area contributed by atoms with Crippen LogP contribution in [0.5, 0.6) is 11.5 Å². The van der Waals surface area contributed by atoms with Gasteiger partial charge in [0.15, 0.2) is 0 Å². The summed E-state index contributed by atoms with van der Waals surface area (Å²) in [6.07, 6.45) is 0. The summed E-state index contributed by atoms with van der Waals surface area (Å²) in [7, 11) is 3.18. The normalized spacial score (nSPS) is 16.4. The van der Waals surface area contributed by atoms with E-state index >= 15 is 0 Å². The van der Waals surface area contributed by atoms with E-state index in [0.717, 1.165) is 16.7 Å². The van der Waals surface area contributed by atoms with Crippen LogP contribution in [0.3, 0.4) is 0 Å². The molecule has 0 unspecified atom stereocenters. The van der Waals surface area contributed by atoms with E-state index in [1.165, 1.54) is 12.1 Å². The van der Waals surface area contributed by atoms with Crippen LogP contribution in [0, 0.1) is 5.82 Å². The van der Waals surface area contributed by atoms with Crippen LogP contribution >= 0.6 is 0 Å². The van der Waals surface area contributed by atoms with Crippen molar-refractivity contribution in [3.8, 4) is 11.5 Å². The Morgan fingerprint density at radius 2 is 1.56 bits per heavy atom. The third-order valence-electron chi connectivity index (χ3n) is 7.09. The number of benzene rings is 4. The first-order valence-electron chi connectivity index (χ1n) is 12.7. The van der Waals surface area contributed by atoms with Gasteiger partial charge in [0.2, 0.25) is 5.91 Å². The lowest BCUT2D eigenvalue weighted by molar-refractivity contribution is -0.124. The third kappa shape index (κ3) is 5.34. The van der Waals surface area contributed by atoms with Crippen molar-refractivity contribution in [1.82, 2.24) is 10.2 Å². The number of rotatable bonds is 8. The van der Waals surface area contributed by atoms with E-state index in [2.05, 4.69) is 5.32 Å². The minimum absolute atomic E-state index is 0.190. The second kappa shape index (κ2) is 11.4. The Bertz CT molecular complexity index is 1470. The van der Waals surface area contributed by atoms with Crippen LogP contribution in [0.1, 0.15) is 44.6 Å². The molecule has 0 aliphatic carbocycles. The Kier molecular flexibility index (Phi) is 7.59. The number of carbonyl (C=O) groups excluding carboxylic acids is 2. The second-order valence-electron chi connectivity index (χ2n) is 9.37. The summed E-state index contributed by atoms with van der Waals surface area (Å²) in [6.45, 7) is 0.475. The van der Waals surface area contributed by atoms with Gasteiger partial charge in [-0.05, 0) is 53.1 Å². The van der Waals surface area contributed by atoms with Crippen molar-refractivity contribution in [3.05, 3.63) is 131 Å². The summed E-state index contributed by atoms with van der Waals surface area (Å²) in [5.41, 5.74) is 3.53. The summed E-state index contributed by atoms with van der Waals surface area (Å²) in [4.78, 5) is 29.6. The minimum Gasteiger partial charge on any atom is -0.497 e. The highest BCUT2D eigenvalue weighted by Crippen LogP contribution is 2.44. The van der Waals surface area contributed by atoms with Gasteiger partial charge in [0.05, 0.1) is 26.2 Å². The number of hydrogen-bond acceptors (Lipinski definition) is 4. The summed E-state index contributed by atoms with van der Waals surface area (Å²) in [5, 5.41) is 3.08. The predicted octanol–water partition coefficient (Wildman–Crippen LogP) is 5.64. The number of halogens is 1. The average molecular weight is 525 g/mol. The fourth-order valence-corrected chi connectivity index (χ4v) is 5.15. The molecule has 1 heterocycles. The summed E-state index contributed by atoms with van der Waals surface area (Å²) in [5.74, 6) is -0.0997. The Balaban J connectivity index is 1.58. The van der Waals surface area contributed by atoms with E-state index in [0.29, 0.717) is 22.6 Å². The molecule has 1 aliphatic heterocycles. The number of nitrogens with one attached hydrogen (secondary N) is 1. The van der Waals surface area contributed by atoms with Crippen LogP contribution < -0.4 is 14.8 Å². The van der Waals surface area contributed by atoms with Crippen molar-refractivity contribution < 1.29 is 23.5 Å². The van der Waals surface area contributed by atoms with E-state index in [-0.39, 0.29) is 30.7 Å². The number of para-hydroxylation sites is 1. The lowest BCUT2D eigenvalue weighted by Crippen LogP contribution is -2.47. The van der Waals surface area contributed by atoms with Gasteiger partial charge in [-0.25, -0.2) is 4.39 Å². The van der Waals surface area contributed by atoms with Crippen LogP contribution in [-0.2, 0) is 17.9 Å². The standard InChI is InChI=1S/C32H29FN2O4/c1-38-25-17-13-22(14-18-25)30-29(31(36)34-19-23-7-3-6-10-28(23)39-2)26-8-4-5-9-27(26)32(37)35(30)20-21-11-15-24(33)16-12-21/h3-18,29-30H,19-20H2,1-2H3,(H,34,36)/t29-,30-/m0/s1. The highest BCUT2D eigenvalue weighted by molar-refractivity contribution is 6.01. The first kappa shape index (κ1) is 26.0. The van der Waals surface area contributed by atoms with Crippen LogP contribution in [0.15, 0.2) is 97.1 Å². The van der Waals surface area contributed by atoms with Gasteiger partial charge >= 0.3 is 0 Å². The zero-order valence-electron chi connectivity index (χ0n) is 21.8. The number of methoxy groups -OCH3 is 2. The SMILES string of the molecule is COc1ccc([C@H]2[C@@H](C(=O)NCc3ccccc3OC)c3ccccc3C(=O)N2Cc2ccc(F)cc2)cc1. The number of nitrogens with zero attached hydrogens (tertiary/aromatic N) is 1. The monoisotopic (exact) mass is 524 g/mol. The molecule has 0 bridgehead atoms. The zero-order chi connectivity index (χ0) is 27.4. The second-order valence-corrected chi connectivity index (χ2v) is 9.37. The summed E-state index contributed by atoms with van der Waals surface area (Å²) in [6, 6.07) is 27.6. The fourth-order valence-electron chi connectivity index (χ4n) is 5.15. The highest BCUT2D eigenvalue weighted by atomic mass is 19.1. The topological polar surface area (TPSA) is 67.9 Å². The lowest BCUT2D eigenvalue weighted by Gasteiger charge is -2.42. The maximum atomic E-state index is 14.0. The van der Waals surface area contributed by atoms with Crippen molar-refractivity contribution in [2.75, 3.05) is 14.2 Å². The molecule has 0 aromatic heterocycles. The Hall–Kier alpha value is -4.65. The Labute approximate surface area is 227 Å². The van der Waals surface area contributed by atoms with E-state index in [1.807, 2.05) is 60.7 Å². The molecule has 0 spiro atoms. The molecule has 7 heteroatoms. The molecule has 4 aromatic carbocycles. The smallest absolute Gasteiger partial charge is 0.255 e. The van der Waals surface area contributed by atoms with Crippen molar-refractivity contribution in [1.29, 1.82) is 0 Å². The lowest BCUT2D eigenvalue weighted by atomic mass is 9.79. The van der Waals surface area contributed by atoms with Gasteiger partial charge in [0.25, 0.3) is 5.91 Å². The molecule has 0 radical (unpaired) electrons. The molecule has 1 aliphatic rings. The van der Waals surface area contributed by atoms with Crippen LogP contribution in [0.4, 0.5) is 4.39 Å². The quantitative estimate of drug-likeness (QED) is 0.324. The van der Waals surface area contributed by atoms with Crippen molar-refractivity contribution in [3.63, 3.8) is 0 Å². The van der Waals surface area contributed by atoms with Gasteiger partial charge < -0.3 is 19.7 Å². The van der Waals surface area contributed by atoms with Gasteiger partial charge in [0, 0.05) is 24.2 Å². The van der Waals surface area contributed by atoms with Gasteiger partial charge in [-0.15, -0.1) is 0 Å². The first-order valence-corrected chi connectivity index (χ1v) is 12.7.